The minimum atomic E-state index is -0.632. The molecular formula is C14H19N5O4. The molecule has 2 rings (SSSR count). The van der Waals surface area contributed by atoms with Gasteiger partial charge in [-0.05, 0) is 6.92 Å². The van der Waals surface area contributed by atoms with Crippen LogP contribution in [0.15, 0.2) is 15.8 Å². The molecule has 1 aliphatic rings. The Kier molecular flexibility index (Phi) is 5.70. The number of aromatic amines is 1. The van der Waals surface area contributed by atoms with Crippen LogP contribution in [0.2, 0.25) is 0 Å². The van der Waals surface area contributed by atoms with E-state index in [4.69, 9.17) is 15.3 Å². The zero-order valence-electron chi connectivity index (χ0n) is 12.7. The van der Waals surface area contributed by atoms with Gasteiger partial charge in [0.15, 0.2) is 6.23 Å². The summed E-state index contributed by atoms with van der Waals surface area (Å²) in [6.45, 7) is 2.51. The Hall–Kier alpha value is -2.41. The molecule has 2 heterocycles. The number of aromatic nitrogens is 2. The summed E-state index contributed by atoms with van der Waals surface area (Å²) in [6.07, 6.45) is 0.298. The van der Waals surface area contributed by atoms with E-state index in [0.29, 0.717) is 13.1 Å². The third-order valence-corrected chi connectivity index (χ3v) is 3.19. The molecule has 0 aliphatic carbocycles. The van der Waals surface area contributed by atoms with Crippen LogP contribution in [0.4, 0.5) is 0 Å². The highest BCUT2D eigenvalue weighted by atomic mass is 16.5. The smallest absolute Gasteiger partial charge is 0.330 e. The highest BCUT2D eigenvalue weighted by Gasteiger charge is 2.24. The maximum absolute atomic E-state index is 12.0. The third-order valence-electron chi connectivity index (χ3n) is 3.19. The van der Waals surface area contributed by atoms with Crippen molar-refractivity contribution >= 4 is 5.84 Å². The molecule has 5 N–H and O–H groups in total. The molecule has 1 aliphatic heterocycles. The van der Waals surface area contributed by atoms with Crippen molar-refractivity contribution in [3.63, 3.8) is 0 Å². The number of ether oxygens (including phenoxy) is 1. The first kappa shape index (κ1) is 17.0. The fourth-order valence-corrected chi connectivity index (χ4v) is 2.06. The van der Waals surface area contributed by atoms with E-state index in [2.05, 4.69) is 27.5 Å². The molecule has 0 bridgehead atoms. The van der Waals surface area contributed by atoms with E-state index in [9.17, 15) is 9.59 Å². The highest BCUT2D eigenvalue weighted by molar-refractivity contribution is 5.76. The topological polar surface area (TPSA) is 132 Å². The molecule has 0 saturated carbocycles. The van der Waals surface area contributed by atoms with Gasteiger partial charge in [0.2, 0.25) is 0 Å². The number of hydrogen-bond donors (Lipinski definition) is 5. The summed E-state index contributed by atoms with van der Waals surface area (Å²) < 4.78 is 6.84. The maximum atomic E-state index is 12.0. The van der Waals surface area contributed by atoms with E-state index >= 15 is 0 Å². The van der Waals surface area contributed by atoms with Crippen molar-refractivity contribution in [3.8, 4) is 11.8 Å². The molecule has 124 valence electrons. The van der Waals surface area contributed by atoms with Crippen LogP contribution in [0.5, 0.6) is 0 Å². The minimum Gasteiger partial charge on any atom is -0.394 e. The van der Waals surface area contributed by atoms with Gasteiger partial charge in [-0.15, -0.1) is 0 Å². The van der Waals surface area contributed by atoms with Crippen LogP contribution in [0.1, 0.15) is 18.7 Å². The largest absolute Gasteiger partial charge is 0.394 e. The molecule has 9 heteroatoms. The Labute approximate surface area is 132 Å². The van der Waals surface area contributed by atoms with Gasteiger partial charge in [-0.2, -0.15) is 0 Å². The molecule has 1 fully saturated rings. The first-order valence-corrected chi connectivity index (χ1v) is 7.11. The second-order valence-corrected chi connectivity index (χ2v) is 5.04. The fourth-order valence-electron chi connectivity index (χ4n) is 2.06. The average Bonchev–Trinajstić information content (AvgIpc) is 2.53. The van der Waals surface area contributed by atoms with Crippen LogP contribution in [0.3, 0.4) is 0 Å². The van der Waals surface area contributed by atoms with Crippen LogP contribution < -0.4 is 21.9 Å². The van der Waals surface area contributed by atoms with Gasteiger partial charge in [-0.25, -0.2) is 4.79 Å². The number of hydrogen-bond acceptors (Lipinski definition) is 6. The lowest BCUT2D eigenvalue weighted by molar-refractivity contribution is -0.0968. The second-order valence-electron chi connectivity index (χ2n) is 5.04. The first-order chi connectivity index (χ1) is 11.0. The first-order valence-electron chi connectivity index (χ1n) is 7.11. The predicted octanol–water partition coefficient (Wildman–Crippen LogP) is -2.05. The Morgan fingerprint density at radius 2 is 2.35 bits per heavy atom. The standard InChI is InChI=1S/C14H19N5O4/c1-9(15)17-4-2-3-10-7-19(14(22)18-13(10)21)12-6-16-5-11(8-20)23-12/h7,11-12,16,20H,4-6,8H2,1H3,(H2,15,17)(H,18,21,22). The normalized spacial score (nSPS) is 20.4. The molecule has 2 atom stereocenters. The molecule has 1 aromatic heterocycles. The Bertz CT molecular complexity index is 742. The lowest BCUT2D eigenvalue weighted by Gasteiger charge is -2.30. The van der Waals surface area contributed by atoms with Gasteiger partial charge in [0, 0.05) is 19.3 Å². The summed E-state index contributed by atoms with van der Waals surface area (Å²) in [6, 6.07) is 0. The van der Waals surface area contributed by atoms with E-state index in [1.165, 1.54) is 10.8 Å². The molecule has 9 nitrogen and oxygen atoms in total. The maximum Gasteiger partial charge on any atom is 0.330 e. The highest BCUT2D eigenvalue weighted by Crippen LogP contribution is 2.12. The monoisotopic (exact) mass is 321 g/mol. The Balaban J connectivity index is 2.24. The zero-order valence-corrected chi connectivity index (χ0v) is 12.7. The number of nitrogens with zero attached hydrogens (tertiary/aromatic N) is 1. The van der Waals surface area contributed by atoms with Crippen molar-refractivity contribution in [2.75, 3.05) is 26.2 Å². The van der Waals surface area contributed by atoms with Crippen molar-refractivity contribution in [2.24, 2.45) is 0 Å². The summed E-state index contributed by atoms with van der Waals surface area (Å²) >= 11 is 0. The van der Waals surface area contributed by atoms with Crippen molar-refractivity contribution in [3.05, 3.63) is 32.6 Å². The summed E-state index contributed by atoms with van der Waals surface area (Å²) in [5.41, 5.74) is -1.05. The van der Waals surface area contributed by atoms with Gasteiger partial charge in [-0.3, -0.25) is 19.8 Å². The fraction of sp³-hybridized carbons (Fsp3) is 0.500. The third kappa shape index (κ3) is 4.53. The van der Waals surface area contributed by atoms with Gasteiger partial charge >= 0.3 is 5.69 Å². The number of aliphatic hydroxyl groups is 1. The molecule has 2 unspecified atom stereocenters. The quantitative estimate of drug-likeness (QED) is 0.247. The average molecular weight is 321 g/mol. The lowest BCUT2D eigenvalue weighted by atomic mass is 10.3. The number of nitrogens with one attached hydrogen (secondary N) is 4. The number of morpholine rings is 1. The molecule has 1 saturated heterocycles. The van der Waals surface area contributed by atoms with E-state index < -0.39 is 23.6 Å². The summed E-state index contributed by atoms with van der Waals surface area (Å²) in [5.74, 6) is 5.64. The zero-order chi connectivity index (χ0) is 16.8. The van der Waals surface area contributed by atoms with Crippen molar-refractivity contribution in [1.29, 1.82) is 5.41 Å². The number of aliphatic hydroxyl groups excluding tert-OH is 1. The summed E-state index contributed by atoms with van der Waals surface area (Å²) in [5, 5.41) is 22.1. The number of H-pyrrole nitrogens is 1. The molecule has 0 aromatic carbocycles. The van der Waals surface area contributed by atoms with E-state index in [1.807, 2.05) is 0 Å². The van der Waals surface area contributed by atoms with Crippen LogP contribution in [0, 0.1) is 17.3 Å². The SMILES string of the molecule is CC(=N)NCC#Cc1cn(C2CNCC(CO)O2)c(=O)[nH]c1=O. The summed E-state index contributed by atoms with van der Waals surface area (Å²) in [7, 11) is 0. The number of amidine groups is 1. The van der Waals surface area contributed by atoms with Crippen molar-refractivity contribution in [2.45, 2.75) is 19.3 Å². The number of rotatable bonds is 3. The lowest BCUT2D eigenvalue weighted by Crippen LogP contribution is -2.47. The van der Waals surface area contributed by atoms with E-state index in [0.717, 1.165) is 0 Å². The molecule has 0 amide bonds. The van der Waals surface area contributed by atoms with E-state index in [-0.39, 0.29) is 24.6 Å². The Morgan fingerprint density at radius 3 is 3.04 bits per heavy atom. The van der Waals surface area contributed by atoms with Gasteiger partial charge in [0.1, 0.15) is 5.56 Å². The van der Waals surface area contributed by atoms with Crippen molar-refractivity contribution < 1.29 is 9.84 Å². The molecule has 0 spiro atoms. The molecule has 23 heavy (non-hydrogen) atoms. The van der Waals surface area contributed by atoms with Crippen molar-refractivity contribution in [1.82, 2.24) is 20.2 Å². The molecular weight excluding hydrogens is 302 g/mol. The Morgan fingerprint density at radius 1 is 1.57 bits per heavy atom. The van der Waals surface area contributed by atoms with Crippen LogP contribution in [-0.2, 0) is 4.74 Å². The second kappa shape index (κ2) is 7.73. The minimum absolute atomic E-state index is 0.128. The van der Waals surface area contributed by atoms with Gasteiger partial charge < -0.3 is 20.5 Å². The van der Waals surface area contributed by atoms with E-state index in [1.54, 1.807) is 6.92 Å². The van der Waals surface area contributed by atoms with Crippen LogP contribution in [-0.4, -0.2) is 52.8 Å². The predicted molar refractivity (Wildman–Crippen MR) is 83.5 cm³/mol. The van der Waals surface area contributed by atoms with Gasteiger partial charge in [0.05, 0.1) is 25.1 Å². The van der Waals surface area contributed by atoms with Crippen LogP contribution in [0.25, 0.3) is 0 Å². The van der Waals surface area contributed by atoms with Gasteiger partial charge in [0.25, 0.3) is 5.56 Å². The summed E-state index contributed by atoms with van der Waals surface area (Å²) in [4.78, 5) is 26.0. The van der Waals surface area contributed by atoms with Gasteiger partial charge in [-0.1, -0.05) is 11.8 Å². The van der Waals surface area contributed by atoms with Crippen LogP contribution >= 0.6 is 0 Å². The molecule has 1 aromatic rings. The molecule has 0 radical (unpaired) electrons.